The number of rotatable bonds is 7. The number of cyclic esters (lactones) is 1. The smallest absolute Gasteiger partial charge is 0.353 e. The first-order valence-electron chi connectivity index (χ1n) is 9.91. The molecule has 0 saturated carbocycles. The van der Waals surface area contributed by atoms with Crippen molar-refractivity contribution in [1.29, 1.82) is 0 Å². The summed E-state index contributed by atoms with van der Waals surface area (Å²) in [5, 5.41) is 0. The summed E-state index contributed by atoms with van der Waals surface area (Å²) in [6.45, 7) is 0. The summed E-state index contributed by atoms with van der Waals surface area (Å²) >= 11 is 0. The largest absolute Gasteiger partial charge is 0.497 e. The van der Waals surface area contributed by atoms with Crippen molar-refractivity contribution in [3.05, 3.63) is 90.0 Å². The highest BCUT2D eigenvalue weighted by Crippen LogP contribution is 2.31. The molecule has 4 rings (SSSR count). The van der Waals surface area contributed by atoms with E-state index in [1.165, 1.54) is 0 Å². The maximum Gasteiger partial charge on any atom is 0.353 e. The molecule has 7 nitrogen and oxygen atoms in total. The molecule has 3 aromatic carbocycles. The molecule has 0 bridgehead atoms. The molecule has 0 spiro atoms. The summed E-state index contributed by atoms with van der Waals surface area (Å²) in [6.07, 6.45) is 0.00131. The third-order valence-corrected chi connectivity index (χ3v) is 5.07. The minimum atomic E-state index is -1.86. The summed E-state index contributed by atoms with van der Waals surface area (Å²) in [4.78, 5) is 30.8. The van der Waals surface area contributed by atoms with Gasteiger partial charge in [0.2, 0.25) is 5.90 Å². The predicted molar refractivity (Wildman–Crippen MR) is 117 cm³/mol. The van der Waals surface area contributed by atoms with E-state index in [1.807, 2.05) is 30.3 Å². The number of hydrogen-bond acceptors (Lipinski definition) is 7. The van der Waals surface area contributed by atoms with Crippen LogP contribution in [0.2, 0.25) is 0 Å². The van der Waals surface area contributed by atoms with Crippen molar-refractivity contribution in [3.63, 3.8) is 0 Å². The van der Waals surface area contributed by atoms with Crippen molar-refractivity contribution in [2.24, 2.45) is 4.99 Å². The quantitative estimate of drug-likeness (QED) is 0.323. The summed E-state index contributed by atoms with van der Waals surface area (Å²) < 4.78 is 21.3. The van der Waals surface area contributed by atoms with Crippen molar-refractivity contribution < 1.29 is 28.5 Å². The number of nitrogens with zero attached hydrogens (tertiary/aromatic N) is 1. The standard InChI is InChI=1S/C25H21NO6/c1-29-19-10-8-18(9-11-19)22-26-25(24(28)32-22,16-17-6-4-3-5-7-17)23(27)31-21-14-12-20(30-2)13-15-21/h3-15H,16H2,1-2H3. The van der Waals surface area contributed by atoms with Crippen molar-refractivity contribution in [2.45, 2.75) is 12.0 Å². The lowest BCUT2D eigenvalue weighted by atomic mass is 9.92. The molecule has 0 N–H and O–H groups in total. The van der Waals surface area contributed by atoms with Crippen molar-refractivity contribution in [1.82, 2.24) is 0 Å². The van der Waals surface area contributed by atoms with E-state index in [4.69, 9.17) is 18.9 Å². The first-order chi connectivity index (χ1) is 15.5. The zero-order chi connectivity index (χ0) is 22.6. The van der Waals surface area contributed by atoms with Gasteiger partial charge < -0.3 is 18.9 Å². The zero-order valence-corrected chi connectivity index (χ0v) is 17.6. The Hall–Kier alpha value is -4.13. The van der Waals surface area contributed by atoms with E-state index in [2.05, 4.69) is 4.99 Å². The van der Waals surface area contributed by atoms with Crippen LogP contribution in [-0.4, -0.2) is 37.6 Å². The highest BCUT2D eigenvalue weighted by Gasteiger charge is 2.54. The Balaban J connectivity index is 1.70. The van der Waals surface area contributed by atoms with Crippen LogP contribution in [0.25, 0.3) is 0 Å². The topological polar surface area (TPSA) is 83.4 Å². The number of carbonyl (C=O) groups is 2. The van der Waals surface area contributed by atoms with Gasteiger partial charge in [-0.05, 0) is 54.1 Å². The molecular formula is C25H21NO6. The van der Waals surface area contributed by atoms with Gasteiger partial charge in [-0.2, -0.15) is 0 Å². The fourth-order valence-electron chi connectivity index (χ4n) is 3.31. The van der Waals surface area contributed by atoms with Crippen LogP contribution in [0.4, 0.5) is 0 Å². The van der Waals surface area contributed by atoms with Gasteiger partial charge in [-0.15, -0.1) is 0 Å². The molecule has 0 radical (unpaired) electrons. The Morgan fingerprint density at radius 1 is 0.844 bits per heavy atom. The minimum Gasteiger partial charge on any atom is -0.497 e. The molecule has 0 amide bonds. The van der Waals surface area contributed by atoms with Gasteiger partial charge in [-0.3, -0.25) is 0 Å². The second-order valence-electron chi connectivity index (χ2n) is 7.12. The number of carbonyl (C=O) groups excluding carboxylic acids is 2. The molecule has 32 heavy (non-hydrogen) atoms. The lowest BCUT2D eigenvalue weighted by Gasteiger charge is -2.20. The monoisotopic (exact) mass is 431 g/mol. The van der Waals surface area contributed by atoms with Gasteiger partial charge in [0.1, 0.15) is 17.2 Å². The molecule has 1 unspecified atom stereocenters. The number of benzene rings is 3. The van der Waals surface area contributed by atoms with Crippen LogP contribution < -0.4 is 14.2 Å². The van der Waals surface area contributed by atoms with Gasteiger partial charge >= 0.3 is 11.9 Å². The number of aliphatic imine (C=N–C) groups is 1. The zero-order valence-electron chi connectivity index (χ0n) is 17.6. The van der Waals surface area contributed by atoms with Crippen LogP contribution in [0.1, 0.15) is 11.1 Å². The first-order valence-corrected chi connectivity index (χ1v) is 9.91. The molecule has 3 aromatic rings. The highest BCUT2D eigenvalue weighted by atomic mass is 16.6. The number of ether oxygens (including phenoxy) is 4. The van der Waals surface area contributed by atoms with E-state index in [9.17, 15) is 9.59 Å². The van der Waals surface area contributed by atoms with Crippen molar-refractivity contribution in [2.75, 3.05) is 14.2 Å². The molecule has 0 fully saturated rings. The van der Waals surface area contributed by atoms with Crippen LogP contribution in [-0.2, 0) is 20.7 Å². The van der Waals surface area contributed by atoms with E-state index in [0.29, 0.717) is 17.1 Å². The highest BCUT2D eigenvalue weighted by molar-refractivity contribution is 6.17. The second kappa shape index (κ2) is 8.93. The third-order valence-electron chi connectivity index (χ3n) is 5.07. The molecular weight excluding hydrogens is 410 g/mol. The van der Waals surface area contributed by atoms with Crippen LogP contribution in [0.3, 0.4) is 0 Å². The Labute approximate surface area is 185 Å². The van der Waals surface area contributed by atoms with Crippen LogP contribution >= 0.6 is 0 Å². The van der Waals surface area contributed by atoms with E-state index >= 15 is 0 Å². The van der Waals surface area contributed by atoms with E-state index in [0.717, 1.165) is 5.56 Å². The van der Waals surface area contributed by atoms with Crippen molar-refractivity contribution >= 4 is 17.8 Å². The molecule has 0 saturated heterocycles. The summed E-state index contributed by atoms with van der Waals surface area (Å²) in [5.74, 6) is -0.0212. The Morgan fingerprint density at radius 2 is 1.41 bits per heavy atom. The first kappa shape index (κ1) is 21.1. The van der Waals surface area contributed by atoms with Crippen LogP contribution in [0.5, 0.6) is 17.2 Å². The van der Waals surface area contributed by atoms with E-state index in [1.54, 1.807) is 62.8 Å². The van der Waals surface area contributed by atoms with Crippen molar-refractivity contribution in [3.8, 4) is 17.2 Å². The summed E-state index contributed by atoms with van der Waals surface area (Å²) in [6, 6.07) is 22.5. The molecule has 0 aliphatic carbocycles. The maximum absolute atomic E-state index is 13.3. The Kier molecular flexibility index (Phi) is 5.89. The average Bonchev–Trinajstić information content (AvgIpc) is 3.17. The van der Waals surface area contributed by atoms with Gasteiger partial charge in [0.05, 0.1) is 14.2 Å². The van der Waals surface area contributed by atoms with Gasteiger partial charge in [-0.25, -0.2) is 14.6 Å². The molecule has 162 valence electrons. The van der Waals surface area contributed by atoms with Crippen LogP contribution in [0.15, 0.2) is 83.9 Å². The molecule has 1 heterocycles. The molecule has 7 heteroatoms. The van der Waals surface area contributed by atoms with Gasteiger partial charge in [0, 0.05) is 12.0 Å². The van der Waals surface area contributed by atoms with Gasteiger partial charge in [-0.1, -0.05) is 30.3 Å². The Morgan fingerprint density at radius 3 is 2.00 bits per heavy atom. The summed E-state index contributed by atoms with van der Waals surface area (Å²) in [7, 11) is 3.10. The predicted octanol–water partition coefficient (Wildman–Crippen LogP) is 3.59. The number of esters is 2. The summed E-state index contributed by atoms with van der Waals surface area (Å²) in [5.41, 5.74) is -0.571. The Bertz CT molecular complexity index is 1140. The molecule has 1 atom stereocenters. The lowest BCUT2D eigenvalue weighted by molar-refractivity contribution is -0.151. The van der Waals surface area contributed by atoms with Gasteiger partial charge in [0.15, 0.2) is 0 Å². The van der Waals surface area contributed by atoms with E-state index in [-0.39, 0.29) is 18.1 Å². The number of methoxy groups -OCH3 is 2. The maximum atomic E-state index is 13.3. The average molecular weight is 431 g/mol. The lowest BCUT2D eigenvalue weighted by Crippen LogP contribution is -2.47. The molecule has 1 aliphatic heterocycles. The van der Waals surface area contributed by atoms with Gasteiger partial charge in [0.25, 0.3) is 5.54 Å². The fourth-order valence-corrected chi connectivity index (χ4v) is 3.31. The third kappa shape index (κ3) is 4.18. The minimum absolute atomic E-state index is 0.00131. The fraction of sp³-hybridized carbons (Fsp3) is 0.160. The van der Waals surface area contributed by atoms with Crippen LogP contribution in [0, 0.1) is 0 Å². The second-order valence-corrected chi connectivity index (χ2v) is 7.12. The molecule has 0 aromatic heterocycles. The van der Waals surface area contributed by atoms with E-state index < -0.39 is 17.5 Å². The molecule has 1 aliphatic rings. The SMILES string of the molecule is COc1ccc(OC(=O)C2(Cc3ccccc3)N=C(c3ccc(OC)cc3)OC2=O)cc1. The number of hydrogen-bond donors (Lipinski definition) is 0. The normalized spacial score (nSPS) is 17.3.